The van der Waals surface area contributed by atoms with E-state index >= 15 is 0 Å². The molecule has 8 nitrogen and oxygen atoms in total. The Morgan fingerprint density at radius 1 is 1.17 bits per heavy atom. The zero-order chi connectivity index (χ0) is 20.8. The number of likely N-dealkylation sites (tertiary alicyclic amines) is 1. The first-order valence-corrected chi connectivity index (χ1v) is 10.1. The highest BCUT2D eigenvalue weighted by Crippen LogP contribution is 2.28. The number of benzene rings is 1. The molecule has 2 fully saturated rings. The van der Waals surface area contributed by atoms with Crippen molar-refractivity contribution in [2.75, 3.05) is 13.2 Å². The van der Waals surface area contributed by atoms with Crippen LogP contribution < -0.4 is 10.6 Å². The molecule has 1 aromatic carbocycles. The highest BCUT2D eigenvalue weighted by molar-refractivity contribution is 5.96. The number of hydrogen-bond acceptors (Lipinski definition) is 5. The Labute approximate surface area is 170 Å². The molecule has 1 aliphatic carbocycles. The third-order valence-electron chi connectivity index (χ3n) is 5.53. The van der Waals surface area contributed by atoms with Gasteiger partial charge in [0.05, 0.1) is 12.0 Å². The molecule has 0 spiro atoms. The van der Waals surface area contributed by atoms with Gasteiger partial charge in [0.15, 0.2) is 6.61 Å². The Kier molecular flexibility index (Phi) is 6.85. The van der Waals surface area contributed by atoms with Crippen LogP contribution in [-0.4, -0.2) is 47.9 Å². The normalized spacial score (nSPS) is 20.4. The van der Waals surface area contributed by atoms with E-state index in [9.17, 15) is 19.2 Å². The molecule has 0 aromatic heterocycles. The molecule has 0 bridgehead atoms. The number of hydrogen-bond donors (Lipinski definition) is 2. The largest absolute Gasteiger partial charge is 0.455 e. The van der Waals surface area contributed by atoms with Crippen LogP contribution in [0.5, 0.6) is 0 Å². The monoisotopic (exact) mass is 401 g/mol. The highest BCUT2D eigenvalue weighted by Gasteiger charge is 2.38. The van der Waals surface area contributed by atoms with Crippen LogP contribution in [0.3, 0.4) is 0 Å². The first-order valence-electron chi connectivity index (χ1n) is 10.1. The molecule has 0 radical (unpaired) electrons. The minimum Gasteiger partial charge on any atom is -0.455 e. The Hall–Kier alpha value is -2.90. The molecule has 1 aromatic rings. The lowest BCUT2D eigenvalue weighted by atomic mass is 10.1. The van der Waals surface area contributed by atoms with Crippen LogP contribution in [0.15, 0.2) is 30.3 Å². The van der Waals surface area contributed by atoms with Crippen molar-refractivity contribution in [3.05, 3.63) is 35.9 Å². The van der Waals surface area contributed by atoms with E-state index in [0.29, 0.717) is 0 Å². The molecule has 1 heterocycles. The van der Waals surface area contributed by atoms with Crippen LogP contribution in [-0.2, 0) is 19.1 Å². The minimum absolute atomic E-state index is 0.0553. The standard InChI is InChI=1S/C21H27N3O5/c1-14(15-7-3-2-4-8-15)24-12-16(11-19(24)26)20(27)29-13-18(25)23-21(28)22-17-9-5-6-10-17/h2-4,7-8,14,16-17H,5-6,9-13H2,1H3,(H2,22,23,25,28)/t14-,16+/m1/s1. The van der Waals surface area contributed by atoms with Crippen molar-refractivity contribution in [2.45, 2.75) is 51.1 Å². The maximum absolute atomic E-state index is 12.3. The molecular weight excluding hydrogens is 374 g/mol. The number of nitrogens with one attached hydrogen (secondary N) is 2. The van der Waals surface area contributed by atoms with Gasteiger partial charge in [0.25, 0.3) is 5.91 Å². The van der Waals surface area contributed by atoms with Crippen LogP contribution in [0.4, 0.5) is 4.79 Å². The Morgan fingerprint density at radius 3 is 2.55 bits per heavy atom. The maximum Gasteiger partial charge on any atom is 0.321 e. The highest BCUT2D eigenvalue weighted by atomic mass is 16.5. The van der Waals surface area contributed by atoms with E-state index in [4.69, 9.17) is 4.74 Å². The van der Waals surface area contributed by atoms with Crippen LogP contribution in [0.2, 0.25) is 0 Å². The van der Waals surface area contributed by atoms with Gasteiger partial charge in [0, 0.05) is 19.0 Å². The van der Waals surface area contributed by atoms with Gasteiger partial charge in [0.2, 0.25) is 5.91 Å². The second-order valence-electron chi connectivity index (χ2n) is 7.64. The van der Waals surface area contributed by atoms with Gasteiger partial charge in [-0.05, 0) is 25.3 Å². The summed E-state index contributed by atoms with van der Waals surface area (Å²) in [4.78, 5) is 49.9. The first-order chi connectivity index (χ1) is 13.9. The van der Waals surface area contributed by atoms with Gasteiger partial charge in [-0.25, -0.2) is 4.79 Å². The van der Waals surface area contributed by atoms with Gasteiger partial charge < -0.3 is 15.0 Å². The summed E-state index contributed by atoms with van der Waals surface area (Å²) in [6, 6.07) is 8.95. The summed E-state index contributed by atoms with van der Waals surface area (Å²) >= 11 is 0. The molecule has 1 aliphatic heterocycles. The zero-order valence-electron chi connectivity index (χ0n) is 16.6. The van der Waals surface area contributed by atoms with Crippen molar-refractivity contribution >= 4 is 23.8 Å². The number of carbonyl (C=O) groups is 4. The molecular formula is C21H27N3O5. The molecule has 2 atom stereocenters. The number of rotatable bonds is 6. The van der Waals surface area contributed by atoms with Crippen molar-refractivity contribution < 1.29 is 23.9 Å². The number of urea groups is 1. The topological polar surface area (TPSA) is 105 Å². The summed E-state index contributed by atoms with van der Waals surface area (Å²) in [5, 5.41) is 4.90. The molecule has 3 rings (SSSR count). The predicted molar refractivity (Wildman–Crippen MR) is 105 cm³/mol. The SMILES string of the molecule is C[C@H](c1ccccc1)N1C[C@@H](C(=O)OCC(=O)NC(=O)NC2CCCC2)CC1=O. The summed E-state index contributed by atoms with van der Waals surface area (Å²) in [5.74, 6) is -2.03. The summed E-state index contributed by atoms with van der Waals surface area (Å²) in [5.41, 5.74) is 0.988. The van der Waals surface area contributed by atoms with Crippen molar-refractivity contribution in [3.8, 4) is 0 Å². The Balaban J connectivity index is 1.43. The lowest BCUT2D eigenvalue weighted by Gasteiger charge is -2.25. The summed E-state index contributed by atoms with van der Waals surface area (Å²) in [6.45, 7) is 1.62. The minimum atomic E-state index is -0.687. The third-order valence-corrected chi connectivity index (χ3v) is 5.53. The smallest absolute Gasteiger partial charge is 0.321 e. The second kappa shape index (κ2) is 9.54. The summed E-state index contributed by atoms with van der Waals surface area (Å²) < 4.78 is 5.03. The maximum atomic E-state index is 12.3. The fourth-order valence-electron chi connectivity index (χ4n) is 3.88. The molecule has 2 aliphatic rings. The van der Waals surface area contributed by atoms with Gasteiger partial charge in [-0.2, -0.15) is 0 Å². The molecule has 4 amide bonds. The van der Waals surface area contributed by atoms with E-state index < -0.39 is 30.4 Å². The van der Waals surface area contributed by atoms with Crippen molar-refractivity contribution in [1.29, 1.82) is 0 Å². The average molecular weight is 401 g/mol. The van der Waals surface area contributed by atoms with E-state index in [-0.39, 0.29) is 31.0 Å². The zero-order valence-corrected chi connectivity index (χ0v) is 16.6. The molecule has 0 unspecified atom stereocenters. The third kappa shape index (κ3) is 5.56. The number of ether oxygens (including phenoxy) is 1. The second-order valence-corrected chi connectivity index (χ2v) is 7.64. The molecule has 1 saturated carbocycles. The fraction of sp³-hybridized carbons (Fsp3) is 0.524. The number of nitrogens with zero attached hydrogens (tertiary/aromatic N) is 1. The average Bonchev–Trinajstić information content (AvgIpc) is 3.35. The first kappa shape index (κ1) is 20.8. The Morgan fingerprint density at radius 2 is 1.86 bits per heavy atom. The van der Waals surface area contributed by atoms with Gasteiger partial charge >= 0.3 is 12.0 Å². The molecule has 2 N–H and O–H groups in total. The van der Waals surface area contributed by atoms with E-state index in [1.54, 1.807) is 4.90 Å². The van der Waals surface area contributed by atoms with E-state index in [1.807, 2.05) is 37.3 Å². The van der Waals surface area contributed by atoms with Crippen molar-refractivity contribution in [3.63, 3.8) is 0 Å². The van der Waals surface area contributed by atoms with Crippen LogP contribution >= 0.6 is 0 Å². The van der Waals surface area contributed by atoms with Gasteiger partial charge in [-0.1, -0.05) is 43.2 Å². The van der Waals surface area contributed by atoms with Gasteiger partial charge in [-0.15, -0.1) is 0 Å². The predicted octanol–water partition coefficient (Wildman–Crippen LogP) is 1.91. The number of carbonyl (C=O) groups excluding carboxylic acids is 4. The number of amides is 4. The molecule has 8 heteroatoms. The number of esters is 1. The van der Waals surface area contributed by atoms with Gasteiger partial charge in [0.1, 0.15) is 0 Å². The molecule has 1 saturated heterocycles. The quantitative estimate of drug-likeness (QED) is 0.709. The van der Waals surface area contributed by atoms with E-state index in [1.165, 1.54) is 0 Å². The van der Waals surface area contributed by atoms with E-state index in [0.717, 1.165) is 31.2 Å². The molecule has 156 valence electrons. The van der Waals surface area contributed by atoms with E-state index in [2.05, 4.69) is 10.6 Å². The van der Waals surface area contributed by atoms with Crippen LogP contribution in [0.1, 0.15) is 50.6 Å². The summed E-state index contributed by atoms with van der Waals surface area (Å²) in [7, 11) is 0. The van der Waals surface area contributed by atoms with Gasteiger partial charge in [-0.3, -0.25) is 19.7 Å². The van der Waals surface area contributed by atoms with Crippen LogP contribution in [0.25, 0.3) is 0 Å². The van der Waals surface area contributed by atoms with Crippen LogP contribution in [0, 0.1) is 5.92 Å². The summed E-state index contributed by atoms with van der Waals surface area (Å²) in [6.07, 6.45) is 4.00. The molecule has 29 heavy (non-hydrogen) atoms. The fourth-order valence-corrected chi connectivity index (χ4v) is 3.88. The lowest BCUT2D eigenvalue weighted by Crippen LogP contribution is -2.45. The van der Waals surface area contributed by atoms with Crippen molar-refractivity contribution in [1.82, 2.24) is 15.5 Å². The lowest BCUT2D eigenvalue weighted by molar-refractivity contribution is -0.152. The number of imide groups is 1. The Bertz CT molecular complexity index is 761. The van der Waals surface area contributed by atoms with Crippen molar-refractivity contribution in [2.24, 2.45) is 5.92 Å².